The number of imidazole rings is 1. The summed E-state index contributed by atoms with van der Waals surface area (Å²) < 4.78 is 0. The number of nitrogens with one attached hydrogen (secondary N) is 1. The van der Waals surface area contributed by atoms with E-state index in [0.717, 1.165) is 54.5 Å². The first-order valence-corrected chi connectivity index (χ1v) is 9.36. The van der Waals surface area contributed by atoms with Crippen LogP contribution in [0, 0.1) is 0 Å². The van der Waals surface area contributed by atoms with E-state index in [-0.39, 0.29) is 5.91 Å². The topological polar surface area (TPSA) is 78.0 Å². The van der Waals surface area contributed by atoms with E-state index in [1.165, 1.54) is 19.2 Å². The predicted octanol–water partition coefficient (Wildman–Crippen LogP) is 2.15. The molecule has 0 aromatic carbocycles. The van der Waals surface area contributed by atoms with E-state index >= 15 is 0 Å². The smallest absolute Gasteiger partial charge is 0.261 e. The molecule has 2 aliphatic heterocycles. The summed E-state index contributed by atoms with van der Waals surface area (Å²) in [5, 5.41) is 0. The molecule has 2 aromatic rings. The molecular weight excluding hydrogens is 324 g/mol. The third-order valence-corrected chi connectivity index (χ3v) is 5.42. The third-order valence-electron chi connectivity index (χ3n) is 4.44. The first-order chi connectivity index (χ1) is 11.8. The zero-order chi connectivity index (χ0) is 16.4. The lowest BCUT2D eigenvalue weighted by Crippen LogP contribution is -2.35. The number of H-pyrrole nitrogens is 1. The zero-order valence-electron chi connectivity index (χ0n) is 13.4. The number of thioether (sulfide) groups is 1. The summed E-state index contributed by atoms with van der Waals surface area (Å²) >= 11 is 1.64. The summed E-state index contributed by atoms with van der Waals surface area (Å²) in [4.78, 5) is 33.5. The summed E-state index contributed by atoms with van der Waals surface area (Å²) in [6.07, 6.45) is 9.73. The molecule has 0 bridgehead atoms. The molecule has 2 aliphatic rings. The second-order valence-corrected chi connectivity index (χ2v) is 7.18. The van der Waals surface area contributed by atoms with Crippen molar-refractivity contribution in [1.82, 2.24) is 24.8 Å². The number of carbonyl (C=O) groups excluding carboxylic acids is 1. The number of hydrogen-bond acceptors (Lipinski definition) is 6. The van der Waals surface area contributed by atoms with Crippen LogP contribution in [0.5, 0.6) is 0 Å². The molecule has 24 heavy (non-hydrogen) atoms. The van der Waals surface area contributed by atoms with Gasteiger partial charge in [0.15, 0.2) is 11.5 Å². The monoisotopic (exact) mass is 344 g/mol. The van der Waals surface area contributed by atoms with Crippen LogP contribution in [0.2, 0.25) is 0 Å². The summed E-state index contributed by atoms with van der Waals surface area (Å²) in [6.45, 7) is 2.55. The maximum Gasteiger partial charge on any atom is 0.261 e. The number of nitrogens with zero attached hydrogens (tertiary/aromatic N) is 5. The van der Waals surface area contributed by atoms with Gasteiger partial charge in [0, 0.05) is 31.6 Å². The number of carbonyl (C=O) groups is 1. The fourth-order valence-corrected chi connectivity index (χ4v) is 4.14. The number of amides is 1. The van der Waals surface area contributed by atoms with Crippen LogP contribution in [0.25, 0.3) is 11.2 Å². The van der Waals surface area contributed by atoms with Gasteiger partial charge in [0.25, 0.3) is 5.91 Å². The Bertz CT molecular complexity index is 765. The lowest BCUT2D eigenvalue weighted by atomic mass is 10.2. The fraction of sp³-hybridized carbons (Fsp3) is 0.500. The van der Waals surface area contributed by atoms with E-state index < -0.39 is 0 Å². The predicted molar refractivity (Wildman–Crippen MR) is 94.6 cm³/mol. The molecule has 0 aliphatic carbocycles. The van der Waals surface area contributed by atoms with Gasteiger partial charge < -0.3 is 14.8 Å². The molecule has 126 valence electrons. The van der Waals surface area contributed by atoms with Crippen LogP contribution in [-0.4, -0.2) is 56.1 Å². The van der Waals surface area contributed by atoms with Crippen LogP contribution in [0.3, 0.4) is 0 Å². The Kier molecular flexibility index (Phi) is 4.38. The van der Waals surface area contributed by atoms with Crippen molar-refractivity contribution in [3.8, 4) is 0 Å². The van der Waals surface area contributed by atoms with Crippen LogP contribution in [-0.2, 0) is 4.79 Å². The van der Waals surface area contributed by atoms with Crippen LogP contribution < -0.4 is 4.90 Å². The fourth-order valence-electron chi connectivity index (χ4n) is 3.18. The second-order valence-electron chi connectivity index (χ2n) is 6.04. The average molecular weight is 344 g/mol. The molecule has 4 heterocycles. The van der Waals surface area contributed by atoms with E-state index in [9.17, 15) is 4.79 Å². The Morgan fingerprint density at radius 1 is 1.08 bits per heavy atom. The maximum absolute atomic E-state index is 12.9. The standard InChI is InChI=1S/C16H20N6OS/c23-16(21-5-3-1-2-4-6-21)12-9-22(7-8-24-12)15-13-14(18-10-17-13)19-11-20-15/h9-11H,1-8H2,(H,17,18,19,20). The Morgan fingerprint density at radius 2 is 1.92 bits per heavy atom. The second kappa shape index (κ2) is 6.80. The molecule has 0 unspecified atom stereocenters. The van der Waals surface area contributed by atoms with Gasteiger partial charge in [-0.1, -0.05) is 12.8 Å². The van der Waals surface area contributed by atoms with Gasteiger partial charge >= 0.3 is 0 Å². The number of rotatable bonds is 2. The highest BCUT2D eigenvalue weighted by atomic mass is 32.2. The van der Waals surface area contributed by atoms with Crippen molar-refractivity contribution in [1.29, 1.82) is 0 Å². The number of anilines is 1. The van der Waals surface area contributed by atoms with Crippen molar-refractivity contribution in [2.24, 2.45) is 0 Å². The number of aromatic nitrogens is 4. The summed E-state index contributed by atoms with van der Waals surface area (Å²) in [5.74, 6) is 1.80. The largest absolute Gasteiger partial charge is 0.340 e. The van der Waals surface area contributed by atoms with Crippen LogP contribution >= 0.6 is 11.8 Å². The molecule has 2 aromatic heterocycles. The van der Waals surface area contributed by atoms with Gasteiger partial charge in [0.2, 0.25) is 0 Å². The lowest BCUT2D eigenvalue weighted by molar-refractivity contribution is -0.126. The first-order valence-electron chi connectivity index (χ1n) is 8.37. The van der Waals surface area contributed by atoms with E-state index in [1.54, 1.807) is 18.1 Å². The van der Waals surface area contributed by atoms with Crippen molar-refractivity contribution < 1.29 is 4.79 Å². The zero-order valence-corrected chi connectivity index (χ0v) is 14.3. The SMILES string of the molecule is O=C(C1=CN(c2ncnc3nc[nH]c23)CCS1)N1CCCCCC1. The Hall–Kier alpha value is -2.09. The van der Waals surface area contributed by atoms with E-state index in [2.05, 4.69) is 19.9 Å². The molecular formula is C16H20N6OS. The maximum atomic E-state index is 12.9. The molecule has 1 amide bonds. The molecule has 0 saturated carbocycles. The van der Waals surface area contributed by atoms with Gasteiger partial charge in [-0.25, -0.2) is 15.0 Å². The number of hydrogen-bond donors (Lipinski definition) is 1. The van der Waals surface area contributed by atoms with Crippen LogP contribution in [0.4, 0.5) is 5.82 Å². The van der Waals surface area contributed by atoms with Crippen molar-refractivity contribution in [3.63, 3.8) is 0 Å². The van der Waals surface area contributed by atoms with Crippen molar-refractivity contribution in [3.05, 3.63) is 23.8 Å². The Labute approximate surface area is 144 Å². The molecule has 1 fully saturated rings. The van der Waals surface area contributed by atoms with Crippen molar-refractivity contribution in [2.75, 3.05) is 30.3 Å². The minimum atomic E-state index is 0.154. The third kappa shape index (κ3) is 2.98. The Balaban J connectivity index is 1.60. The highest BCUT2D eigenvalue weighted by Gasteiger charge is 2.25. The molecule has 8 heteroatoms. The summed E-state index contributed by atoms with van der Waals surface area (Å²) in [5.41, 5.74) is 1.45. The Morgan fingerprint density at radius 3 is 2.75 bits per heavy atom. The highest BCUT2D eigenvalue weighted by molar-refractivity contribution is 8.04. The molecule has 7 nitrogen and oxygen atoms in total. The van der Waals surface area contributed by atoms with Crippen LogP contribution in [0.15, 0.2) is 23.8 Å². The van der Waals surface area contributed by atoms with Crippen molar-refractivity contribution >= 4 is 34.7 Å². The van der Waals surface area contributed by atoms with Crippen molar-refractivity contribution in [2.45, 2.75) is 25.7 Å². The molecule has 1 saturated heterocycles. The van der Waals surface area contributed by atoms with Crippen LogP contribution in [0.1, 0.15) is 25.7 Å². The molecule has 0 radical (unpaired) electrons. The molecule has 4 rings (SSSR count). The minimum Gasteiger partial charge on any atom is -0.340 e. The quantitative estimate of drug-likeness (QED) is 0.899. The lowest BCUT2D eigenvalue weighted by Gasteiger charge is -2.28. The van der Waals surface area contributed by atoms with Gasteiger partial charge in [-0.15, -0.1) is 11.8 Å². The van der Waals surface area contributed by atoms with Gasteiger partial charge in [0.1, 0.15) is 11.8 Å². The van der Waals surface area contributed by atoms with Gasteiger partial charge in [0.05, 0.1) is 11.2 Å². The number of likely N-dealkylation sites (tertiary alicyclic amines) is 1. The molecule has 1 N–H and O–H groups in total. The average Bonchev–Trinajstić information content (AvgIpc) is 2.95. The number of aromatic amines is 1. The van der Waals surface area contributed by atoms with E-state index in [0.29, 0.717) is 5.65 Å². The van der Waals surface area contributed by atoms with Gasteiger partial charge in [-0.3, -0.25) is 4.79 Å². The minimum absolute atomic E-state index is 0.154. The highest BCUT2D eigenvalue weighted by Crippen LogP contribution is 2.29. The molecule has 0 spiro atoms. The first kappa shape index (κ1) is 15.4. The van der Waals surface area contributed by atoms with E-state index in [1.807, 2.05) is 16.0 Å². The molecule has 0 atom stereocenters. The summed E-state index contributed by atoms with van der Waals surface area (Å²) in [6, 6.07) is 0. The van der Waals surface area contributed by atoms with Gasteiger partial charge in [-0.2, -0.15) is 0 Å². The van der Waals surface area contributed by atoms with Gasteiger partial charge in [-0.05, 0) is 12.8 Å². The normalized spacial score (nSPS) is 19.2. The summed E-state index contributed by atoms with van der Waals surface area (Å²) in [7, 11) is 0. The number of fused-ring (bicyclic) bond motifs is 1. The van der Waals surface area contributed by atoms with E-state index in [4.69, 9.17) is 0 Å².